The van der Waals surface area contributed by atoms with E-state index in [0.717, 1.165) is 6.42 Å². The Morgan fingerprint density at radius 2 is 1.90 bits per heavy atom. The van der Waals surface area contributed by atoms with Crippen molar-refractivity contribution in [3.05, 3.63) is 27.7 Å². The van der Waals surface area contributed by atoms with Crippen molar-refractivity contribution in [3.8, 4) is 0 Å². The lowest BCUT2D eigenvalue weighted by molar-refractivity contribution is 0.361. The average molecular weight is 353 g/mol. The number of nitrogens with zero attached hydrogens (tertiary/aromatic N) is 1. The van der Waals surface area contributed by atoms with E-state index in [1.807, 2.05) is 20.8 Å². The van der Waals surface area contributed by atoms with Gasteiger partial charge < -0.3 is 5.73 Å². The van der Waals surface area contributed by atoms with Gasteiger partial charge in [-0.2, -0.15) is 4.31 Å². The van der Waals surface area contributed by atoms with Crippen molar-refractivity contribution in [2.24, 2.45) is 11.7 Å². The first-order chi connectivity index (χ1) is 9.77. The van der Waals surface area contributed by atoms with Gasteiger partial charge in [0.25, 0.3) is 0 Å². The summed E-state index contributed by atoms with van der Waals surface area (Å²) in [5.74, 6) is 0.270. The molecule has 0 heterocycles. The van der Waals surface area contributed by atoms with Crippen LogP contribution in [0.3, 0.4) is 0 Å². The fourth-order valence-corrected chi connectivity index (χ4v) is 4.45. The highest BCUT2D eigenvalue weighted by atomic mass is 35.5. The molecule has 0 spiro atoms. The van der Waals surface area contributed by atoms with E-state index in [1.165, 1.54) is 10.4 Å². The lowest BCUT2D eigenvalue weighted by Gasteiger charge is -2.24. The molecule has 0 bridgehead atoms. The number of nitrogens with two attached hydrogens (primary N) is 1. The van der Waals surface area contributed by atoms with Crippen LogP contribution in [-0.4, -0.2) is 25.8 Å². The zero-order valence-corrected chi connectivity index (χ0v) is 14.9. The fourth-order valence-electron chi connectivity index (χ4n) is 1.97. The summed E-state index contributed by atoms with van der Waals surface area (Å²) in [6.07, 6.45) is 0.906. The van der Waals surface area contributed by atoms with Gasteiger partial charge in [-0.15, -0.1) is 0 Å². The molecule has 0 radical (unpaired) electrons. The normalized spacial score (nSPS) is 13.7. The Kier molecular flexibility index (Phi) is 6.94. The molecule has 4 nitrogen and oxygen atoms in total. The number of rotatable bonds is 7. The van der Waals surface area contributed by atoms with Gasteiger partial charge in [0.1, 0.15) is 4.90 Å². The molecule has 1 unspecified atom stereocenters. The third kappa shape index (κ3) is 4.33. The summed E-state index contributed by atoms with van der Waals surface area (Å²) in [5, 5.41) is 0.475. The van der Waals surface area contributed by atoms with Crippen molar-refractivity contribution < 1.29 is 8.42 Å². The van der Waals surface area contributed by atoms with Gasteiger partial charge in [-0.3, -0.25) is 0 Å². The average Bonchev–Trinajstić information content (AvgIpc) is 2.45. The van der Waals surface area contributed by atoms with E-state index in [1.54, 1.807) is 6.07 Å². The summed E-state index contributed by atoms with van der Waals surface area (Å²) in [6, 6.07) is 2.98. The van der Waals surface area contributed by atoms with Gasteiger partial charge in [-0.25, -0.2) is 8.42 Å². The molecule has 0 aliphatic rings. The van der Waals surface area contributed by atoms with Gasteiger partial charge in [0.2, 0.25) is 10.0 Å². The standard InChI is InChI=1S/C14H22Cl2N2O2S/c1-4-10(3)9-18(5-2)21(19,20)13-7-12(15)6-11(8-17)14(13)16/h6-7,10H,4-5,8-9,17H2,1-3H3. The van der Waals surface area contributed by atoms with Crippen LogP contribution in [-0.2, 0) is 16.6 Å². The first-order valence-electron chi connectivity index (χ1n) is 6.96. The highest BCUT2D eigenvalue weighted by molar-refractivity contribution is 7.89. The van der Waals surface area contributed by atoms with Crippen LogP contribution >= 0.6 is 23.2 Å². The Morgan fingerprint density at radius 1 is 1.29 bits per heavy atom. The predicted octanol–water partition coefficient (Wildman–Crippen LogP) is 3.51. The van der Waals surface area contributed by atoms with Gasteiger partial charge in [0.15, 0.2) is 0 Å². The molecular formula is C14H22Cl2N2O2S. The van der Waals surface area contributed by atoms with Crippen LogP contribution in [0.2, 0.25) is 10.0 Å². The molecule has 0 saturated heterocycles. The Bertz CT molecular complexity index is 591. The Labute approximate surface area is 137 Å². The first kappa shape index (κ1) is 18.7. The zero-order valence-electron chi connectivity index (χ0n) is 12.6. The lowest BCUT2D eigenvalue weighted by atomic mass is 10.1. The van der Waals surface area contributed by atoms with Crippen LogP contribution in [0.25, 0.3) is 0 Å². The van der Waals surface area contributed by atoms with Crippen molar-refractivity contribution in [3.63, 3.8) is 0 Å². The number of halogens is 2. The molecule has 0 aromatic heterocycles. The smallest absolute Gasteiger partial charge is 0.244 e. The van der Waals surface area contributed by atoms with E-state index >= 15 is 0 Å². The van der Waals surface area contributed by atoms with Crippen LogP contribution in [0.15, 0.2) is 17.0 Å². The molecule has 0 amide bonds. The number of benzene rings is 1. The van der Waals surface area contributed by atoms with E-state index < -0.39 is 10.0 Å². The minimum atomic E-state index is -3.68. The number of hydrogen-bond donors (Lipinski definition) is 1. The minimum Gasteiger partial charge on any atom is -0.326 e. The molecule has 0 saturated carbocycles. The Morgan fingerprint density at radius 3 is 2.38 bits per heavy atom. The second-order valence-electron chi connectivity index (χ2n) is 5.05. The second-order valence-corrected chi connectivity index (χ2v) is 7.77. The maximum absolute atomic E-state index is 12.8. The van der Waals surface area contributed by atoms with Crippen LogP contribution < -0.4 is 5.73 Å². The van der Waals surface area contributed by atoms with Crippen LogP contribution in [0.4, 0.5) is 0 Å². The molecule has 0 aliphatic heterocycles. The molecule has 1 aromatic rings. The lowest BCUT2D eigenvalue weighted by Crippen LogP contribution is -2.34. The van der Waals surface area contributed by atoms with Gasteiger partial charge in [0.05, 0.1) is 5.02 Å². The number of sulfonamides is 1. The first-order valence-corrected chi connectivity index (χ1v) is 9.15. The van der Waals surface area contributed by atoms with E-state index in [2.05, 4.69) is 0 Å². The molecule has 1 aromatic carbocycles. The van der Waals surface area contributed by atoms with Gasteiger partial charge in [-0.05, 0) is 23.6 Å². The fraction of sp³-hybridized carbons (Fsp3) is 0.571. The van der Waals surface area contributed by atoms with Crippen molar-refractivity contribution >= 4 is 33.2 Å². The van der Waals surface area contributed by atoms with E-state index in [-0.39, 0.29) is 22.4 Å². The molecule has 0 fully saturated rings. The van der Waals surface area contributed by atoms with E-state index in [0.29, 0.717) is 23.7 Å². The van der Waals surface area contributed by atoms with E-state index in [4.69, 9.17) is 28.9 Å². The monoisotopic (exact) mass is 352 g/mol. The molecule has 0 aliphatic carbocycles. The minimum absolute atomic E-state index is 0.0299. The molecule has 21 heavy (non-hydrogen) atoms. The quantitative estimate of drug-likeness (QED) is 0.816. The summed E-state index contributed by atoms with van der Waals surface area (Å²) in [6.45, 7) is 6.83. The Hall–Kier alpha value is -0.330. The van der Waals surface area contributed by atoms with Gasteiger partial charge >= 0.3 is 0 Å². The highest BCUT2D eigenvalue weighted by Crippen LogP contribution is 2.31. The topological polar surface area (TPSA) is 63.4 Å². The third-order valence-electron chi connectivity index (χ3n) is 3.48. The SMILES string of the molecule is CCC(C)CN(CC)S(=O)(=O)c1cc(Cl)cc(CN)c1Cl. The van der Waals surface area contributed by atoms with Crippen LogP contribution in [0.1, 0.15) is 32.8 Å². The second kappa shape index (κ2) is 7.79. The largest absolute Gasteiger partial charge is 0.326 e. The number of hydrogen-bond acceptors (Lipinski definition) is 3. The summed E-state index contributed by atoms with van der Waals surface area (Å²) in [5.41, 5.74) is 6.12. The summed E-state index contributed by atoms with van der Waals surface area (Å²) in [4.78, 5) is 0.0299. The molecule has 7 heteroatoms. The van der Waals surface area contributed by atoms with Gasteiger partial charge in [0, 0.05) is 24.7 Å². The van der Waals surface area contributed by atoms with Crippen molar-refractivity contribution in [2.75, 3.05) is 13.1 Å². The zero-order chi connectivity index (χ0) is 16.2. The highest BCUT2D eigenvalue weighted by Gasteiger charge is 2.28. The molecule has 1 rings (SSSR count). The molecule has 120 valence electrons. The van der Waals surface area contributed by atoms with E-state index in [9.17, 15) is 8.42 Å². The molecule has 2 N–H and O–H groups in total. The van der Waals surface area contributed by atoms with Crippen molar-refractivity contribution in [1.82, 2.24) is 4.31 Å². The summed E-state index contributed by atoms with van der Waals surface area (Å²) < 4.78 is 27.0. The van der Waals surface area contributed by atoms with Crippen molar-refractivity contribution in [2.45, 2.75) is 38.6 Å². The third-order valence-corrected chi connectivity index (χ3v) is 6.22. The van der Waals surface area contributed by atoms with Crippen LogP contribution in [0.5, 0.6) is 0 Å². The van der Waals surface area contributed by atoms with Crippen molar-refractivity contribution in [1.29, 1.82) is 0 Å². The Balaban J connectivity index is 3.32. The molecule has 1 atom stereocenters. The summed E-state index contributed by atoms with van der Waals surface area (Å²) >= 11 is 12.2. The summed E-state index contributed by atoms with van der Waals surface area (Å²) in [7, 11) is -3.68. The van der Waals surface area contributed by atoms with Gasteiger partial charge in [-0.1, -0.05) is 50.4 Å². The predicted molar refractivity (Wildman–Crippen MR) is 88.2 cm³/mol. The maximum atomic E-state index is 12.8. The molecular weight excluding hydrogens is 331 g/mol. The van der Waals surface area contributed by atoms with Crippen LogP contribution in [0, 0.1) is 5.92 Å². The maximum Gasteiger partial charge on any atom is 0.244 e.